The average molecular weight is 345 g/mol. The zero-order valence-electron chi connectivity index (χ0n) is 15.8. The van der Waals surface area contributed by atoms with E-state index in [0.29, 0.717) is 23.9 Å². The lowest BCUT2D eigenvalue weighted by Gasteiger charge is -2.52. The van der Waals surface area contributed by atoms with Gasteiger partial charge < -0.3 is 14.4 Å². The van der Waals surface area contributed by atoms with Gasteiger partial charge >= 0.3 is 0 Å². The highest BCUT2D eigenvalue weighted by atomic mass is 16.5. The maximum absolute atomic E-state index is 12.6. The molecule has 0 atom stereocenters. The molecule has 25 heavy (non-hydrogen) atoms. The normalized spacial score (nSPS) is 19.9. The molecule has 1 aliphatic carbocycles. The molecule has 138 valence electrons. The molecule has 1 aromatic carbocycles. The topological polar surface area (TPSA) is 38.8 Å². The van der Waals surface area contributed by atoms with Crippen LogP contribution in [0.4, 0.5) is 0 Å². The van der Waals surface area contributed by atoms with Gasteiger partial charge in [-0.2, -0.15) is 0 Å². The van der Waals surface area contributed by atoms with E-state index >= 15 is 0 Å². The van der Waals surface area contributed by atoms with Gasteiger partial charge in [-0.1, -0.05) is 26.0 Å². The lowest BCUT2D eigenvalue weighted by Crippen LogP contribution is -2.51. The summed E-state index contributed by atoms with van der Waals surface area (Å²) in [6.07, 6.45) is 5.55. The van der Waals surface area contributed by atoms with Crippen molar-refractivity contribution in [3.05, 3.63) is 29.8 Å². The molecule has 4 nitrogen and oxygen atoms in total. The zero-order chi connectivity index (χ0) is 17.9. The number of likely N-dealkylation sites (tertiary alicyclic amines) is 1. The monoisotopic (exact) mass is 345 g/mol. The predicted octanol–water partition coefficient (Wildman–Crippen LogP) is 3.68. The van der Waals surface area contributed by atoms with Gasteiger partial charge in [0.2, 0.25) is 5.91 Å². The van der Waals surface area contributed by atoms with Crippen LogP contribution in [0.1, 0.15) is 45.1 Å². The van der Waals surface area contributed by atoms with Crippen LogP contribution in [0.5, 0.6) is 5.75 Å². The predicted molar refractivity (Wildman–Crippen MR) is 98.8 cm³/mol. The average Bonchev–Trinajstić information content (AvgIpc) is 2.59. The summed E-state index contributed by atoms with van der Waals surface area (Å²) < 4.78 is 11.1. The molecule has 0 N–H and O–H groups in total. The van der Waals surface area contributed by atoms with E-state index in [0.717, 1.165) is 43.9 Å². The van der Waals surface area contributed by atoms with Crippen molar-refractivity contribution in [2.75, 3.05) is 26.8 Å². The number of hydrogen-bond acceptors (Lipinski definition) is 3. The second kappa shape index (κ2) is 7.77. The number of benzene rings is 1. The molecule has 1 spiro atoms. The molecular weight excluding hydrogens is 314 g/mol. The van der Waals surface area contributed by atoms with Crippen molar-refractivity contribution in [1.29, 1.82) is 0 Å². The molecule has 0 aromatic heterocycles. The lowest BCUT2D eigenvalue weighted by molar-refractivity contribution is -0.140. The number of methoxy groups -OCH3 is 1. The van der Waals surface area contributed by atoms with Crippen molar-refractivity contribution in [3.8, 4) is 5.75 Å². The molecule has 1 aromatic rings. The Morgan fingerprint density at radius 2 is 1.84 bits per heavy atom. The van der Waals surface area contributed by atoms with Crippen molar-refractivity contribution in [2.45, 2.75) is 52.1 Å². The molecule has 2 aliphatic rings. The van der Waals surface area contributed by atoms with Gasteiger partial charge in [0.15, 0.2) is 0 Å². The van der Waals surface area contributed by atoms with Crippen molar-refractivity contribution >= 4 is 5.91 Å². The highest BCUT2D eigenvalue weighted by Crippen LogP contribution is 2.50. The van der Waals surface area contributed by atoms with Crippen LogP contribution in [0.3, 0.4) is 0 Å². The van der Waals surface area contributed by atoms with Gasteiger partial charge in [0.25, 0.3) is 0 Å². The maximum Gasteiger partial charge on any atom is 0.226 e. The SMILES string of the molecule is COc1ccc(CC(=O)N2CCC3(CC2)CC(OCC(C)C)C3)cc1. The van der Waals surface area contributed by atoms with Crippen molar-refractivity contribution in [1.82, 2.24) is 4.90 Å². The van der Waals surface area contributed by atoms with Gasteiger partial charge in [0, 0.05) is 19.7 Å². The molecule has 0 bridgehead atoms. The minimum atomic E-state index is 0.243. The van der Waals surface area contributed by atoms with Crippen LogP contribution in [0.15, 0.2) is 24.3 Å². The van der Waals surface area contributed by atoms with E-state index in [1.54, 1.807) is 7.11 Å². The fourth-order valence-electron chi connectivity index (χ4n) is 4.02. The summed E-state index contributed by atoms with van der Waals surface area (Å²) in [6.45, 7) is 7.05. The van der Waals surface area contributed by atoms with E-state index in [-0.39, 0.29) is 5.91 Å². The Balaban J connectivity index is 1.42. The first kappa shape index (κ1) is 18.2. The van der Waals surface area contributed by atoms with Crippen molar-refractivity contribution in [2.24, 2.45) is 11.3 Å². The smallest absolute Gasteiger partial charge is 0.226 e. The molecule has 1 heterocycles. The first-order chi connectivity index (χ1) is 12.0. The van der Waals surface area contributed by atoms with Gasteiger partial charge in [-0.05, 0) is 54.7 Å². The van der Waals surface area contributed by atoms with Crippen LogP contribution in [0.25, 0.3) is 0 Å². The Hall–Kier alpha value is -1.55. The molecule has 1 aliphatic heterocycles. The van der Waals surface area contributed by atoms with Crippen LogP contribution in [-0.4, -0.2) is 43.7 Å². The van der Waals surface area contributed by atoms with Crippen LogP contribution < -0.4 is 4.74 Å². The third kappa shape index (κ3) is 4.55. The summed E-state index contributed by atoms with van der Waals surface area (Å²) >= 11 is 0. The van der Waals surface area contributed by atoms with Crippen LogP contribution in [-0.2, 0) is 16.0 Å². The third-order valence-corrected chi connectivity index (χ3v) is 5.68. The summed E-state index contributed by atoms with van der Waals surface area (Å²) in [5.41, 5.74) is 1.50. The summed E-state index contributed by atoms with van der Waals surface area (Å²) in [5, 5.41) is 0. The maximum atomic E-state index is 12.6. The molecule has 1 saturated heterocycles. The summed E-state index contributed by atoms with van der Waals surface area (Å²) in [5.74, 6) is 1.68. The Labute approximate surface area is 151 Å². The first-order valence-corrected chi connectivity index (χ1v) is 9.52. The van der Waals surface area contributed by atoms with Crippen LogP contribution in [0.2, 0.25) is 0 Å². The molecular formula is C21H31NO3. The Bertz CT molecular complexity index is 565. The van der Waals surface area contributed by atoms with Crippen molar-refractivity contribution < 1.29 is 14.3 Å². The number of carbonyl (C=O) groups is 1. The second-order valence-corrected chi connectivity index (χ2v) is 8.16. The largest absolute Gasteiger partial charge is 0.497 e. The fourth-order valence-corrected chi connectivity index (χ4v) is 4.02. The Kier molecular flexibility index (Phi) is 5.67. The quantitative estimate of drug-likeness (QED) is 0.789. The van der Waals surface area contributed by atoms with Crippen molar-refractivity contribution in [3.63, 3.8) is 0 Å². The fraction of sp³-hybridized carbons (Fsp3) is 0.667. The Morgan fingerprint density at radius 3 is 2.40 bits per heavy atom. The molecule has 0 unspecified atom stereocenters. The number of ether oxygens (including phenoxy) is 2. The number of nitrogens with zero attached hydrogens (tertiary/aromatic N) is 1. The first-order valence-electron chi connectivity index (χ1n) is 9.52. The highest BCUT2D eigenvalue weighted by molar-refractivity contribution is 5.78. The van der Waals surface area contributed by atoms with E-state index in [1.807, 2.05) is 29.2 Å². The van der Waals surface area contributed by atoms with E-state index in [2.05, 4.69) is 13.8 Å². The molecule has 1 saturated carbocycles. The molecule has 3 rings (SSSR count). The minimum Gasteiger partial charge on any atom is -0.497 e. The third-order valence-electron chi connectivity index (χ3n) is 5.68. The van der Waals surface area contributed by atoms with Gasteiger partial charge in [0.1, 0.15) is 5.75 Å². The summed E-state index contributed by atoms with van der Waals surface area (Å²) in [4.78, 5) is 14.6. The minimum absolute atomic E-state index is 0.243. The van der Waals surface area contributed by atoms with Gasteiger partial charge in [-0.15, -0.1) is 0 Å². The number of amides is 1. The number of rotatable bonds is 6. The second-order valence-electron chi connectivity index (χ2n) is 8.16. The van der Waals surface area contributed by atoms with E-state index < -0.39 is 0 Å². The lowest BCUT2D eigenvalue weighted by atomic mass is 9.61. The van der Waals surface area contributed by atoms with E-state index in [9.17, 15) is 4.79 Å². The molecule has 2 fully saturated rings. The highest BCUT2D eigenvalue weighted by Gasteiger charge is 2.46. The molecule has 0 radical (unpaired) electrons. The number of piperidine rings is 1. The standard InChI is InChI=1S/C21H31NO3/c1-16(2)15-25-19-13-21(14-19)8-10-22(11-9-21)20(23)12-17-4-6-18(24-3)7-5-17/h4-7,16,19H,8-15H2,1-3H3. The number of carbonyl (C=O) groups excluding carboxylic acids is 1. The summed E-state index contributed by atoms with van der Waals surface area (Å²) in [7, 11) is 1.66. The molecule has 1 amide bonds. The molecule has 4 heteroatoms. The van der Waals surface area contributed by atoms with E-state index in [4.69, 9.17) is 9.47 Å². The summed E-state index contributed by atoms with van der Waals surface area (Å²) in [6, 6.07) is 7.79. The zero-order valence-corrected chi connectivity index (χ0v) is 15.8. The van der Waals surface area contributed by atoms with Crippen LogP contribution in [0, 0.1) is 11.3 Å². The Morgan fingerprint density at radius 1 is 1.20 bits per heavy atom. The van der Waals surface area contributed by atoms with Gasteiger partial charge in [-0.3, -0.25) is 4.79 Å². The van der Waals surface area contributed by atoms with Crippen LogP contribution >= 0.6 is 0 Å². The van der Waals surface area contributed by atoms with E-state index in [1.165, 1.54) is 12.8 Å². The van der Waals surface area contributed by atoms with Gasteiger partial charge in [0.05, 0.1) is 19.6 Å². The number of hydrogen-bond donors (Lipinski definition) is 0. The van der Waals surface area contributed by atoms with Gasteiger partial charge in [-0.25, -0.2) is 0 Å².